The number of ether oxygens (including phenoxy) is 1. The van der Waals surface area contributed by atoms with E-state index in [0.717, 1.165) is 31.4 Å². The van der Waals surface area contributed by atoms with Crippen LogP contribution in [0.1, 0.15) is 51.9 Å². The third kappa shape index (κ3) is 1.82. The summed E-state index contributed by atoms with van der Waals surface area (Å²) in [6.45, 7) is 2.21. The minimum absolute atomic E-state index is 0.0541. The molecule has 0 amide bonds. The topological polar surface area (TPSA) is 26.3 Å². The Labute approximate surface area is 133 Å². The first-order valence-corrected chi connectivity index (χ1v) is 8.86. The lowest BCUT2D eigenvalue weighted by molar-refractivity contribution is -0.129. The van der Waals surface area contributed by atoms with Gasteiger partial charge in [0.2, 0.25) is 0 Å². The molecule has 118 valence electrons. The van der Waals surface area contributed by atoms with E-state index in [1.807, 2.05) is 6.08 Å². The SMILES string of the molecule is CC[C@]12CC[C@@H]3C4=C(CC[C@H]3[C@@H]1C=CC2=O)CC(OC)=CC4. The highest BCUT2D eigenvalue weighted by Gasteiger charge is 2.54. The van der Waals surface area contributed by atoms with Crippen LogP contribution in [0.3, 0.4) is 0 Å². The van der Waals surface area contributed by atoms with Gasteiger partial charge in [-0.25, -0.2) is 0 Å². The third-order valence-electron chi connectivity index (χ3n) is 6.97. The van der Waals surface area contributed by atoms with Crippen molar-refractivity contribution in [1.82, 2.24) is 0 Å². The Hall–Kier alpha value is -1.31. The van der Waals surface area contributed by atoms with Crippen molar-refractivity contribution >= 4 is 5.78 Å². The first-order valence-electron chi connectivity index (χ1n) is 8.86. The monoisotopic (exact) mass is 298 g/mol. The molecule has 4 aliphatic carbocycles. The Bertz CT molecular complexity index is 595. The molecule has 1 saturated carbocycles. The minimum atomic E-state index is -0.0541. The largest absolute Gasteiger partial charge is 0.501 e. The van der Waals surface area contributed by atoms with E-state index in [-0.39, 0.29) is 5.41 Å². The number of rotatable bonds is 2. The fraction of sp³-hybridized carbons (Fsp3) is 0.650. The maximum atomic E-state index is 12.5. The summed E-state index contributed by atoms with van der Waals surface area (Å²) in [6, 6.07) is 0. The van der Waals surface area contributed by atoms with Crippen molar-refractivity contribution in [2.75, 3.05) is 7.11 Å². The van der Waals surface area contributed by atoms with E-state index in [1.54, 1.807) is 18.3 Å². The molecule has 0 heterocycles. The van der Waals surface area contributed by atoms with Gasteiger partial charge in [0.25, 0.3) is 0 Å². The molecular formula is C20H26O2. The fourth-order valence-electron chi connectivity index (χ4n) is 5.75. The van der Waals surface area contributed by atoms with Crippen LogP contribution in [0.4, 0.5) is 0 Å². The summed E-state index contributed by atoms with van der Waals surface area (Å²) in [6.07, 6.45) is 14.3. The van der Waals surface area contributed by atoms with Crippen molar-refractivity contribution in [2.45, 2.75) is 51.9 Å². The van der Waals surface area contributed by atoms with E-state index >= 15 is 0 Å². The lowest BCUT2D eigenvalue weighted by Gasteiger charge is -2.50. The number of hydrogen-bond acceptors (Lipinski definition) is 2. The van der Waals surface area contributed by atoms with Crippen LogP contribution in [-0.2, 0) is 9.53 Å². The van der Waals surface area contributed by atoms with Crippen molar-refractivity contribution < 1.29 is 9.53 Å². The summed E-state index contributed by atoms with van der Waals surface area (Å²) in [4.78, 5) is 12.5. The van der Waals surface area contributed by atoms with Crippen LogP contribution < -0.4 is 0 Å². The highest BCUT2D eigenvalue weighted by Crippen LogP contribution is 2.59. The van der Waals surface area contributed by atoms with Gasteiger partial charge in [0, 0.05) is 11.8 Å². The van der Waals surface area contributed by atoms with Gasteiger partial charge in [-0.3, -0.25) is 4.79 Å². The summed E-state index contributed by atoms with van der Waals surface area (Å²) in [5, 5.41) is 0. The van der Waals surface area contributed by atoms with Crippen molar-refractivity contribution in [1.29, 1.82) is 0 Å². The molecule has 4 rings (SSSR count). The maximum absolute atomic E-state index is 12.5. The summed E-state index contributed by atoms with van der Waals surface area (Å²) in [5.74, 6) is 3.44. The molecule has 0 unspecified atom stereocenters. The zero-order valence-electron chi connectivity index (χ0n) is 13.7. The third-order valence-corrected chi connectivity index (χ3v) is 6.97. The minimum Gasteiger partial charge on any atom is -0.501 e. The fourth-order valence-corrected chi connectivity index (χ4v) is 5.75. The van der Waals surface area contributed by atoms with E-state index in [9.17, 15) is 4.79 Å². The number of fused-ring (bicyclic) bond motifs is 4. The second kappa shape index (κ2) is 5.11. The molecule has 2 nitrogen and oxygen atoms in total. The zero-order valence-corrected chi connectivity index (χ0v) is 13.7. The van der Waals surface area contributed by atoms with Gasteiger partial charge in [0.1, 0.15) is 0 Å². The Morgan fingerprint density at radius 2 is 2.23 bits per heavy atom. The molecule has 0 saturated heterocycles. The molecule has 0 aliphatic heterocycles. The number of allylic oxidation sites excluding steroid dienone is 5. The van der Waals surface area contributed by atoms with Crippen LogP contribution in [0.2, 0.25) is 0 Å². The summed E-state index contributed by atoms with van der Waals surface area (Å²) in [7, 11) is 1.79. The van der Waals surface area contributed by atoms with Crippen LogP contribution in [0.25, 0.3) is 0 Å². The summed E-state index contributed by atoms with van der Waals surface area (Å²) in [5.41, 5.74) is 3.27. The zero-order chi connectivity index (χ0) is 15.3. The summed E-state index contributed by atoms with van der Waals surface area (Å²) < 4.78 is 5.46. The van der Waals surface area contributed by atoms with Crippen molar-refractivity contribution in [3.63, 3.8) is 0 Å². The van der Waals surface area contributed by atoms with Gasteiger partial charge in [0.15, 0.2) is 5.78 Å². The van der Waals surface area contributed by atoms with Gasteiger partial charge in [-0.15, -0.1) is 0 Å². The lowest BCUT2D eigenvalue weighted by Crippen LogP contribution is -2.45. The normalized spacial score (nSPS) is 40.0. The van der Waals surface area contributed by atoms with Crippen LogP contribution in [0.5, 0.6) is 0 Å². The molecule has 22 heavy (non-hydrogen) atoms. The number of carbonyl (C=O) groups excluding carboxylic acids is 1. The van der Waals surface area contributed by atoms with Crippen molar-refractivity contribution in [2.24, 2.45) is 23.2 Å². The molecule has 0 spiro atoms. The van der Waals surface area contributed by atoms with E-state index < -0.39 is 0 Å². The average molecular weight is 298 g/mol. The lowest BCUT2D eigenvalue weighted by atomic mass is 9.53. The highest BCUT2D eigenvalue weighted by molar-refractivity contribution is 5.98. The Balaban J connectivity index is 1.64. The summed E-state index contributed by atoms with van der Waals surface area (Å²) >= 11 is 0. The van der Waals surface area contributed by atoms with Crippen molar-refractivity contribution in [3.05, 3.63) is 35.1 Å². The molecule has 0 aromatic heterocycles. The second-order valence-electron chi connectivity index (χ2n) is 7.49. The van der Waals surface area contributed by atoms with Crippen LogP contribution >= 0.6 is 0 Å². The van der Waals surface area contributed by atoms with Gasteiger partial charge < -0.3 is 4.74 Å². The molecule has 0 bridgehead atoms. The number of ketones is 1. The number of hydrogen-bond donors (Lipinski definition) is 0. The van der Waals surface area contributed by atoms with Gasteiger partial charge in [-0.05, 0) is 68.4 Å². The van der Waals surface area contributed by atoms with Gasteiger partial charge >= 0.3 is 0 Å². The predicted octanol–water partition coefficient (Wildman–Crippen LogP) is 4.58. The quantitative estimate of drug-likeness (QED) is 0.698. The molecule has 2 heteroatoms. The predicted molar refractivity (Wildman–Crippen MR) is 87.2 cm³/mol. The maximum Gasteiger partial charge on any atom is 0.162 e. The standard InChI is InChI=1S/C20H26O2/c1-3-20-11-10-16-15-7-5-14(22-2)12-13(15)4-6-17(16)18(20)8-9-19(20)21/h5,8-9,16-18H,3-4,6-7,10-12H2,1-2H3/t16-,17-,18+,20+/m1/s1. The first-order chi connectivity index (χ1) is 10.7. The van der Waals surface area contributed by atoms with Crippen LogP contribution in [0, 0.1) is 23.2 Å². The Morgan fingerprint density at radius 1 is 1.36 bits per heavy atom. The van der Waals surface area contributed by atoms with Crippen LogP contribution in [-0.4, -0.2) is 12.9 Å². The van der Waals surface area contributed by atoms with E-state index in [0.29, 0.717) is 23.5 Å². The first kappa shape index (κ1) is 14.3. The van der Waals surface area contributed by atoms with E-state index in [1.165, 1.54) is 19.3 Å². The number of methoxy groups -OCH3 is 1. The molecule has 0 aromatic carbocycles. The Morgan fingerprint density at radius 3 is 3.00 bits per heavy atom. The molecule has 0 radical (unpaired) electrons. The molecular weight excluding hydrogens is 272 g/mol. The molecule has 1 fully saturated rings. The number of carbonyl (C=O) groups is 1. The van der Waals surface area contributed by atoms with E-state index in [2.05, 4.69) is 19.1 Å². The molecule has 0 aromatic rings. The van der Waals surface area contributed by atoms with Gasteiger partial charge in [-0.1, -0.05) is 24.1 Å². The Kier molecular flexibility index (Phi) is 3.32. The van der Waals surface area contributed by atoms with Crippen LogP contribution in [0.15, 0.2) is 35.1 Å². The van der Waals surface area contributed by atoms with E-state index in [4.69, 9.17) is 4.74 Å². The van der Waals surface area contributed by atoms with Gasteiger partial charge in [0.05, 0.1) is 12.9 Å². The average Bonchev–Trinajstić information content (AvgIpc) is 2.91. The molecule has 4 aliphatic rings. The van der Waals surface area contributed by atoms with Crippen molar-refractivity contribution in [3.8, 4) is 0 Å². The molecule has 4 atom stereocenters. The highest BCUT2D eigenvalue weighted by atomic mass is 16.5. The smallest absolute Gasteiger partial charge is 0.162 e. The second-order valence-corrected chi connectivity index (χ2v) is 7.49. The van der Waals surface area contributed by atoms with Gasteiger partial charge in [-0.2, -0.15) is 0 Å². The molecule has 0 N–H and O–H groups in total.